The summed E-state index contributed by atoms with van der Waals surface area (Å²) in [4.78, 5) is 0. The van der Waals surface area contributed by atoms with E-state index in [9.17, 15) is 0 Å². The van der Waals surface area contributed by atoms with E-state index in [0.717, 1.165) is 26.0 Å². The van der Waals surface area contributed by atoms with Gasteiger partial charge in [0.15, 0.2) is 0 Å². The molecule has 0 bridgehead atoms. The monoisotopic (exact) mass is 201 g/mol. The Labute approximate surface area is 89.4 Å². The summed E-state index contributed by atoms with van der Waals surface area (Å²) in [5.74, 6) is 0. The number of nitrogens with one attached hydrogen (secondary N) is 1. The first-order chi connectivity index (χ1) is 6.52. The van der Waals surface area contributed by atoms with Crippen molar-refractivity contribution in [1.82, 2.24) is 5.32 Å². The predicted octanol–water partition coefficient (Wildman–Crippen LogP) is 2.97. The molecule has 1 N–H and O–H groups in total. The van der Waals surface area contributed by atoms with E-state index in [1.165, 1.54) is 6.42 Å². The van der Waals surface area contributed by atoms with Gasteiger partial charge in [-0.25, -0.2) is 0 Å². The van der Waals surface area contributed by atoms with Crippen molar-refractivity contribution >= 4 is 0 Å². The van der Waals surface area contributed by atoms with Gasteiger partial charge in [0.2, 0.25) is 0 Å². The van der Waals surface area contributed by atoms with Gasteiger partial charge in [-0.3, -0.25) is 0 Å². The Balaban J connectivity index is 3.37. The van der Waals surface area contributed by atoms with Crippen LogP contribution in [0.3, 0.4) is 0 Å². The number of hydrogen-bond donors (Lipinski definition) is 1. The second-order valence-electron chi connectivity index (χ2n) is 4.56. The summed E-state index contributed by atoms with van der Waals surface area (Å²) in [6.07, 6.45) is 3.43. The Hall–Kier alpha value is -0.0800. The van der Waals surface area contributed by atoms with Crippen molar-refractivity contribution in [2.24, 2.45) is 0 Å². The van der Waals surface area contributed by atoms with Gasteiger partial charge in [0, 0.05) is 12.6 Å². The molecule has 0 spiro atoms. The van der Waals surface area contributed by atoms with Gasteiger partial charge in [-0.15, -0.1) is 0 Å². The van der Waals surface area contributed by atoms with Gasteiger partial charge >= 0.3 is 0 Å². The maximum absolute atomic E-state index is 5.78. The first-order valence-electron chi connectivity index (χ1n) is 5.89. The average Bonchev–Trinajstić information content (AvgIpc) is 2.13. The Morgan fingerprint density at radius 3 is 2.43 bits per heavy atom. The van der Waals surface area contributed by atoms with Crippen molar-refractivity contribution < 1.29 is 4.74 Å². The molecule has 1 atom stereocenters. The molecule has 0 aromatic heterocycles. The maximum Gasteiger partial charge on any atom is 0.0623 e. The van der Waals surface area contributed by atoms with Crippen LogP contribution >= 0.6 is 0 Å². The van der Waals surface area contributed by atoms with Crippen molar-refractivity contribution in [3.8, 4) is 0 Å². The zero-order chi connectivity index (χ0) is 11.0. The molecule has 0 aromatic rings. The first-order valence-corrected chi connectivity index (χ1v) is 5.89. The molecule has 0 saturated carbocycles. The van der Waals surface area contributed by atoms with Crippen LogP contribution in [0.25, 0.3) is 0 Å². The first kappa shape index (κ1) is 13.9. The van der Waals surface area contributed by atoms with E-state index >= 15 is 0 Å². The van der Waals surface area contributed by atoms with Crippen molar-refractivity contribution in [1.29, 1.82) is 0 Å². The molecule has 2 nitrogen and oxygen atoms in total. The largest absolute Gasteiger partial charge is 0.376 e. The highest BCUT2D eigenvalue weighted by Gasteiger charge is 2.14. The van der Waals surface area contributed by atoms with E-state index in [4.69, 9.17) is 4.74 Å². The van der Waals surface area contributed by atoms with E-state index in [1.807, 2.05) is 0 Å². The SMILES string of the molecule is CCNC(C)CCCOC(C)(C)CC. The molecule has 0 fully saturated rings. The number of ether oxygens (including phenoxy) is 1. The quantitative estimate of drug-likeness (QED) is 0.610. The van der Waals surface area contributed by atoms with E-state index in [-0.39, 0.29) is 5.60 Å². The molecule has 0 aromatic carbocycles. The summed E-state index contributed by atoms with van der Waals surface area (Å²) in [5, 5.41) is 3.40. The fourth-order valence-corrected chi connectivity index (χ4v) is 1.29. The van der Waals surface area contributed by atoms with Crippen LogP contribution in [0.4, 0.5) is 0 Å². The van der Waals surface area contributed by atoms with Crippen molar-refractivity contribution in [3.05, 3.63) is 0 Å². The number of rotatable bonds is 8. The standard InChI is InChI=1S/C12H27NO/c1-6-12(4,5)14-10-8-9-11(3)13-7-2/h11,13H,6-10H2,1-5H3. The lowest BCUT2D eigenvalue weighted by Crippen LogP contribution is -2.27. The average molecular weight is 201 g/mol. The molecular weight excluding hydrogens is 174 g/mol. The normalized spacial score (nSPS) is 14.4. The van der Waals surface area contributed by atoms with E-state index < -0.39 is 0 Å². The fraction of sp³-hybridized carbons (Fsp3) is 1.00. The molecule has 0 saturated heterocycles. The highest BCUT2D eigenvalue weighted by Crippen LogP contribution is 2.14. The van der Waals surface area contributed by atoms with Gasteiger partial charge < -0.3 is 10.1 Å². The number of hydrogen-bond acceptors (Lipinski definition) is 2. The lowest BCUT2D eigenvalue weighted by atomic mass is 10.1. The minimum Gasteiger partial charge on any atom is -0.376 e. The predicted molar refractivity (Wildman–Crippen MR) is 62.7 cm³/mol. The van der Waals surface area contributed by atoms with Gasteiger partial charge in [-0.1, -0.05) is 13.8 Å². The third-order valence-electron chi connectivity index (χ3n) is 2.68. The molecule has 0 heterocycles. The lowest BCUT2D eigenvalue weighted by Gasteiger charge is -2.23. The van der Waals surface area contributed by atoms with Gasteiger partial charge in [-0.05, 0) is 46.6 Å². The second kappa shape index (κ2) is 7.24. The van der Waals surface area contributed by atoms with Crippen LogP contribution in [-0.4, -0.2) is 24.8 Å². The van der Waals surface area contributed by atoms with Crippen molar-refractivity contribution in [3.63, 3.8) is 0 Å². The molecule has 0 rings (SSSR count). The van der Waals surface area contributed by atoms with Crippen LogP contribution in [0, 0.1) is 0 Å². The Kier molecular flexibility index (Phi) is 7.20. The van der Waals surface area contributed by atoms with Gasteiger partial charge in [0.25, 0.3) is 0 Å². The highest BCUT2D eigenvalue weighted by molar-refractivity contribution is 4.65. The molecule has 86 valence electrons. The summed E-state index contributed by atoms with van der Waals surface area (Å²) in [7, 11) is 0. The van der Waals surface area contributed by atoms with Gasteiger partial charge in [-0.2, -0.15) is 0 Å². The molecule has 14 heavy (non-hydrogen) atoms. The molecule has 0 aliphatic carbocycles. The fourth-order valence-electron chi connectivity index (χ4n) is 1.29. The Morgan fingerprint density at radius 1 is 1.29 bits per heavy atom. The smallest absolute Gasteiger partial charge is 0.0623 e. The topological polar surface area (TPSA) is 21.3 Å². The van der Waals surface area contributed by atoms with Gasteiger partial charge in [0.05, 0.1) is 5.60 Å². The molecule has 0 aliphatic heterocycles. The second-order valence-corrected chi connectivity index (χ2v) is 4.56. The summed E-state index contributed by atoms with van der Waals surface area (Å²) >= 11 is 0. The van der Waals surface area contributed by atoms with Crippen LogP contribution < -0.4 is 5.32 Å². The lowest BCUT2D eigenvalue weighted by molar-refractivity contribution is -0.0221. The molecule has 0 aliphatic rings. The molecule has 0 amide bonds. The summed E-state index contributed by atoms with van der Waals surface area (Å²) in [6, 6.07) is 0.619. The Morgan fingerprint density at radius 2 is 1.93 bits per heavy atom. The minimum absolute atomic E-state index is 0.0570. The van der Waals surface area contributed by atoms with Gasteiger partial charge in [0.1, 0.15) is 0 Å². The van der Waals surface area contributed by atoms with E-state index in [2.05, 4.69) is 39.9 Å². The van der Waals surface area contributed by atoms with Crippen LogP contribution in [0.1, 0.15) is 53.9 Å². The zero-order valence-corrected chi connectivity index (χ0v) is 10.5. The van der Waals surface area contributed by atoms with Crippen molar-refractivity contribution in [2.45, 2.75) is 65.5 Å². The van der Waals surface area contributed by atoms with Crippen LogP contribution in [-0.2, 0) is 4.74 Å². The van der Waals surface area contributed by atoms with E-state index in [1.54, 1.807) is 0 Å². The Bertz CT molecular complexity index is 134. The third kappa shape index (κ3) is 7.34. The van der Waals surface area contributed by atoms with Crippen LogP contribution in [0.15, 0.2) is 0 Å². The van der Waals surface area contributed by atoms with Crippen LogP contribution in [0.2, 0.25) is 0 Å². The molecule has 2 heteroatoms. The van der Waals surface area contributed by atoms with Crippen molar-refractivity contribution in [2.75, 3.05) is 13.2 Å². The van der Waals surface area contributed by atoms with E-state index in [0.29, 0.717) is 6.04 Å². The minimum atomic E-state index is 0.0570. The van der Waals surface area contributed by atoms with Crippen LogP contribution in [0.5, 0.6) is 0 Å². The third-order valence-corrected chi connectivity index (χ3v) is 2.68. The molecular formula is C12H27NO. The molecule has 0 radical (unpaired) electrons. The highest BCUT2D eigenvalue weighted by atomic mass is 16.5. The molecule has 1 unspecified atom stereocenters. The zero-order valence-electron chi connectivity index (χ0n) is 10.5. The summed E-state index contributed by atoms with van der Waals surface area (Å²) in [5.41, 5.74) is 0.0570. The summed E-state index contributed by atoms with van der Waals surface area (Å²) < 4.78 is 5.78. The maximum atomic E-state index is 5.78. The summed E-state index contributed by atoms with van der Waals surface area (Å²) in [6.45, 7) is 12.8.